The van der Waals surface area contributed by atoms with Crippen molar-refractivity contribution >= 4 is 65.2 Å². The van der Waals surface area contributed by atoms with Gasteiger partial charge >= 0.3 is 0 Å². The van der Waals surface area contributed by atoms with Crippen LogP contribution in [0.5, 0.6) is 0 Å². The quantitative estimate of drug-likeness (QED) is 0.160. The summed E-state index contributed by atoms with van der Waals surface area (Å²) in [6.07, 6.45) is 0. The zero-order chi connectivity index (χ0) is 42.8. The molecule has 0 aliphatic carbocycles. The second-order valence-corrected chi connectivity index (χ2v) is 17.3. The Kier molecular flexibility index (Phi) is 8.60. The predicted molar refractivity (Wildman–Crippen MR) is 269 cm³/mol. The fraction of sp³-hybridized carbons (Fsp3) is 0. The van der Waals surface area contributed by atoms with Crippen molar-refractivity contribution in [1.82, 2.24) is 29.1 Å². The Morgan fingerprint density at radius 1 is 0.292 bits per heavy atom. The van der Waals surface area contributed by atoms with E-state index in [9.17, 15) is 0 Å². The molecule has 0 bridgehead atoms. The topological polar surface area (TPSA) is 61.4 Å². The molecule has 65 heavy (non-hydrogen) atoms. The van der Waals surface area contributed by atoms with Crippen LogP contribution < -0.4 is 0 Å². The molecule has 4 heterocycles. The van der Waals surface area contributed by atoms with Gasteiger partial charge in [-0.1, -0.05) is 127 Å². The SMILES string of the molecule is c1ccc(-c2nc(-c3ccccc3)nc(-c3ccc4sc(-c5ccc(-n6c7ccccc7c7cc(-c8ccc9c(c8)c8ccccc8n9-c8ccccc8)ccc76)cc5)nc4c3)n2)cc1. The zero-order valence-electron chi connectivity index (χ0n) is 34.9. The lowest BCUT2D eigenvalue weighted by molar-refractivity contribution is 1.07. The Bertz CT molecular complexity index is 3870. The average Bonchev–Trinajstić information content (AvgIpc) is 4.07. The normalized spacial score (nSPS) is 11.7. The van der Waals surface area contributed by atoms with Gasteiger partial charge in [-0.2, -0.15) is 0 Å². The molecule has 0 saturated carbocycles. The largest absolute Gasteiger partial charge is 0.309 e. The van der Waals surface area contributed by atoms with Gasteiger partial charge in [0.2, 0.25) is 0 Å². The van der Waals surface area contributed by atoms with Crippen molar-refractivity contribution in [3.63, 3.8) is 0 Å². The van der Waals surface area contributed by atoms with E-state index < -0.39 is 0 Å². The molecule has 0 N–H and O–H groups in total. The van der Waals surface area contributed by atoms with E-state index in [1.54, 1.807) is 11.3 Å². The van der Waals surface area contributed by atoms with Crippen LogP contribution in [0.1, 0.15) is 0 Å². The predicted octanol–water partition coefficient (Wildman–Crippen LogP) is 15.0. The Balaban J connectivity index is 0.847. The molecule has 13 rings (SSSR count). The van der Waals surface area contributed by atoms with Crippen LogP contribution in [-0.2, 0) is 0 Å². The molecule has 0 aliphatic heterocycles. The van der Waals surface area contributed by atoms with Crippen molar-refractivity contribution in [3.05, 3.63) is 218 Å². The van der Waals surface area contributed by atoms with Crippen LogP contribution in [0.25, 0.3) is 121 Å². The van der Waals surface area contributed by atoms with Gasteiger partial charge in [-0.15, -0.1) is 11.3 Å². The highest BCUT2D eigenvalue weighted by molar-refractivity contribution is 7.21. The number of aromatic nitrogens is 6. The Hall–Kier alpha value is -8.52. The van der Waals surface area contributed by atoms with Crippen molar-refractivity contribution < 1.29 is 0 Å². The van der Waals surface area contributed by atoms with Crippen molar-refractivity contribution in [2.75, 3.05) is 0 Å². The number of benzene rings is 9. The molecule has 13 aromatic rings. The number of hydrogen-bond donors (Lipinski definition) is 0. The summed E-state index contributed by atoms with van der Waals surface area (Å²) in [7, 11) is 0. The highest BCUT2D eigenvalue weighted by Crippen LogP contribution is 2.39. The molecule has 0 saturated heterocycles. The summed E-state index contributed by atoms with van der Waals surface area (Å²) in [5.74, 6) is 1.89. The van der Waals surface area contributed by atoms with Gasteiger partial charge < -0.3 is 9.13 Å². The van der Waals surface area contributed by atoms with E-state index >= 15 is 0 Å². The van der Waals surface area contributed by atoms with Crippen molar-refractivity contribution in [2.45, 2.75) is 0 Å². The molecule has 9 aromatic carbocycles. The molecule has 7 heteroatoms. The van der Waals surface area contributed by atoms with Crippen LogP contribution in [0.3, 0.4) is 0 Å². The van der Waals surface area contributed by atoms with Crippen LogP contribution in [0.4, 0.5) is 0 Å². The van der Waals surface area contributed by atoms with Crippen LogP contribution in [0.15, 0.2) is 218 Å². The van der Waals surface area contributed by atoms with Gasteiger partial charge in [0.15, 0.2) is 17.5 Å². The first-order chi connectivity index (χ1) is 32.2. The molecule has 0 amide bonds. The minimum atomic E-state index is 0.616. The van der Waals surface area contributed by atoms with E-state index in [0.717, 1.165) is 48.9 Å². The monoisotopic (exact) mass is 848 g/mol. The standard InChI is InChI=1S/C58H36N6S/c1-4-14-37(15-5-1)55-60-56(38-16-6-2-7-17-38)62-57(61-55)42-28-33-54-49(36-42)59-58(65-54)39-24-29-44(30-25-39)64-51-23-13-11-21-46(51)48-35-41(27-32-53(48)64)40-26-31-52-47(34-40)45-20-10-12-22-50(45)63(52)43-18-8-3-9-19-43/h1-36H. The summed E-state index contributed by atoms with van der Waals surface area (Å²) in [5.41, 5.74) is 14.2. The Morgan fingerprint density at radius 2 is 0.723 bits per heavy atom. The van der Waals surface area contributed by atoms with E-state index in [1.165, 1.54) is 54.7 Å². The van der Waals surface area contributed by atoms with Gasteiger partial charge in [0.05, 0.1) is 32.3 Å². The summed E-state index contributed by atoms with van der Waals surface area (Å²) in [5, 5.41) is 5.91. The van der Waals surface area contributed by atoms with E-state index in [1.807, 2.05) is 60.7 Å². The Morgan fingerprint density at radius 3 is 1.28 bits per heavy atom. The molecule has 0 spiro atoms. The number of rotatable bonds is 7. The number of thiazole rings is 1. The van der Waals surface area contributed by atoms with Gasteiger partial charge in [0.1, 0.15) is 5.01 Å². The van der Waals surface area contributed by atoms with Crippen LogP contribution in [-0.4, -0.2) is 29.1 Å². The summed E-state index contributed by atoms with van der Waals surface area (Å²) in [6, 6.07) is 77.1. The van der Waals surface area contributed by atoms with Gasteiger partial charge in [-0.25, -0.2) is 19.9 Å². The number of para-hydroxylation sites is 3. The van der Waals surface area contributed by atoms with Gasteiger partial charge in [-0.05, 0) is 102 Å². The third-order valence-corrected chi connectivity index (χ3v) is 13.5. The Labute approximate surface area is 378 Å². The molecular formula is C58H36N6S. The molecule has 0 fully saturated rings. The third kappa shape index (κ3) is 6.32. The highest BCUT2D eigenvalue weighted by Gasteiger charge is 2.18. The first kappa shape index (κ1) is 37.1. The minimum absolute atomic E-state index is 0.616. The molecule has 6 nitrogen and oxygen atoms in total. The van der Waals surface area contributed by atoms with Crippen molar-refractivity contribution in [1.29, 1.82) is 0 Å². The highest BCUT2D eigenvalue weighted by atomic mass is 32.1. The van der Waals surface area contributed by atoms with Crippen molar-refractivity contribution in [3.8, 4) is 67.2 Å². The van der Waals surface area contributed by atoms with Crippen LogP contribution >= 0.6 is 11.3 Å². The second-order valence-electron chi connectivity index (χ2n) is 16.3. The number of hydrogen-bond acceptors (Lipinski definition) is 5. The molecule has 0 radical (unpaired) electrons. The molecule has 0 atom stereocenters. The smallest absolute Gasteiger partial charge is 0.164 e. The van der Waals surface area contributed by atoms with Gasteiger partial charge in [0, 0.05) is 55.2 Å². The van der Waals surface area contributed by atoms with E-state index in [0.29, 0.717) is 17.5 Å². The van der Waals surface area contributed by atoms with E-state index in [-0.39, 0.29) is 0 Å². The fourth-order valence-electron chi connectivity index (χ4n) is 9.32. The number of nitrogens with zero attached hydrogens (tertiary/aromatic N) is 6. The van der Waals surface area contributed by atoms with Crippen LogP contribution in [0.2, 0.25) is 0 Å². The molecule has 4 aromatic heterocycles. The lowest BCUT2D eigenvalue weighted by Gasteiger charge is -2.10. The molecule has 0 aliphatic rings. The van der Waals surface area contributed by atoms with Crippen LogP contribution in [0, 0.1) is 0 Å². The summed E-state index contributed by atoms with van der Waals surface area (Å²) >= 11 is 1.69. The first-order valence-corrected chi connectivity index (χ1v) is 22.5. The maximum atomic E-state index is 5.15. The van der Waals surface area contributed by atoms with Gasteiger partial charge in [-0.3, -0.25) is 0 Å². The zero-order valence-corrected chi connectivity index (χ0v) is 35.7. The summed E-state index contributed by atoms with van der Waals surface area (Å²) in [4.78, 5) is 19.9. The first-order valence-electron chi connectivity index (χ1n) is 21.7. The van der Waals surface area contributed by atoms with Crippen molar-refractivity contribution in [2.24, 2.45) is 0 Å². The summed E-state index contributed by atoms with van der Waals surface area (Å²) < 4.78 is 5.85. The molecular weight excluding hydrogens is 813 g/mol. The second kappa shape index (κ2) is 15.1. The van der Waals surface area contributed by atoms with E-state index in [4.69, 9.17) is 19.9 Å². The lowest BCUT2D eigenvalue weighted by Crippen LogP contribution is -2.00. The molecule has 304 valence electrons. The average molecular weight is 849 g/mol. The minimum Gasteiger partial charge on any atom is -0.309 e. The van der Waals surface area contributed by atoms with Gasteiger partial charge in [0.25, 0.3) is 0 Å². The lowest BCUT2D eigenvalue weighted by atomic mass is 10.0. The fourth-order valence-corrected chi connectivity index (χ4v) is 10.3. The van der Waals surface area contributed by atoms with E-state index in [2.05, 4.69) is 167 Å². The maximum absolute atomic E-state index is 5.15. The summed E-state index contributed by atoms with van der Waals surface area (Å²) in [6.45, 7) is 0. The third-order valence-electron chi connectivity index (χ3n) is 12.4. The maximum Gasteiger partial charge on any atom is 0.164 e. The molecule has 0 unspecified atom stereocenters. The number of fused-ring (bicyclic) bond motifs is 7.